The van der Waals surface area contributed by atoms with Gasteiger partial charge in [0.2, 0.25) is 0 Å². The summed E-state index contributed by atoms with van der Waals surface area (Å²) < 4.78 is 0. The largest absolute Gasteiger partial charge is 0.307 e. The molecule has 0 aliphatic carbocycles. The lowest BCUT2D eigenvalue weighted by atomic mass is 9.93. The molecule has 0 saturated carbocycles. The minimum atomic E-state index is 0.124. The van der Waals surface area contributed by atoms with Gasteiger partial charge < -0.3 is 5.32 Å². The van der Waals surface area contributed by atoms with Crippen LogP contribution in [0.15, 0.2) is 43.0 Å². The minimum absolute atomic E-state index is 0.124. The summed E-state index contributed by atoms with van der Waals surface area (Å²) in [5, 5.41) is 3.45. The van der Waals surface area contributed by atoms with Gasteiger partial charge in [-0.15, -0.1) is 0 Å². The molecule has 2 atom stereocenters. The predicted molar refractivity (Wildman–Crippen MR) is 71.1 cm³/mol. The van der Waals surface area contributed by atoms with Crippen molar-refractivity contribution in [1.82, 2.24) is 20.3 Å². The first-order chi connectivity index (χ1) is 8.83. The van der Waals surface area contributed by atoms with Crippen LogP contribution in [0.2, 0.25) is 0 Å². The van der Waals surface area contributed by atoms with Crippen molar-refractivity contribution in [1.29, 1.82) is 0 Å². The van der Waals surface area contributed by atoms with Crippen LogP contribution in [0.4, 0.5) is 0 Å². The van der Waals surface area contributed by atoms with Crippen LogP contribution in [-0.4, -0.2) is 21.5 Å². The van der Waals surface area contributed by atoms with Gasteiger partial charge >= 0.3 is 0 Å². The lowest BCUT2D eigenvalue weighted by Crippen LogP contribution is -2.27. The van der Waals surface area contributed by atoms with Gasteiger partial charge in [-0.3, -0.25) is 4.98 Å². The van der Waals surface area contributed by atoms with Gasteiger partial charge in [-0.25, -0.2) is 9.97 Å². The number of pyridine rings is 1. The molecule has 0 aliphatic rings. The van der Waals surface area contributed by atoms with Gasteiger partial charge in [-0.2, -0.15) is 0 Å². The molecule has 2 heterocycles. The highest BCUT2D eigenvalue weighted by Crippen LogP contribution is 2.27. The molecule has 0 aliphatic heterocycles. The standard InChI is InChI=1S/C14H18N4/c1-3-16-13(14-17-7-4-8-18-14)11(2)12-5-9-15-10-6-12/h4-11,13,16H,3H2,1-2H3. The molecule has 4 nitrogen and oxygen atoms in total. The second kappa shape index (κ2) is 6.21. The lowest BCUT2D eigenvalue weighted by molar-refractivity contribution is 0.456. The summed E-state index contributed by atoms with van der Waals surface area (Å²) in [7, 11) is 0. The Morgan fingerprint density at radius 2 is 1.78 bits per heavy atom. The number of rotatable bonds is 5. The highest BCUT2D eigenvalue weighted by Gasteiger charge is 2.21. The van der Waals surface area contributed by atoms with E-state index in [1.54, 1.807) is 12.4 Å². The van der Waals surface area contributed by atoms with E-state index in [1.165, 1.54) is 5.56 Å². The summed E-state index contributed by atoms with van der Waals surface area (Å²) in [4.78, 5) is 12.8. The fourth-order valence-corrected chi connectivity index (χ4v) is 2.04. The van der Waals surface area contributed by atoms with Crippen molar-refractivity contribution in [2.45, 2.75) is 25.8 Å². The topological polar surface area (TPSA) is 50.7 Å². The molecule has 94 valence electrons. The predicted octanol–water partition coefficient (Wildman–Crippen LogP) is 2.33. The SMILES string of the molecule is CCNC(c1ncccn1)C(C)c1ccncc1. The lowest BCUT2D eigenvalue weighted by Gasteiger charge is -2.23. The molecule has 0 bridgehead atoms. The van der Waals surface area contributed by atoms with Crippen molar-refractivity contribution in [2.75, 3.05) is 6.54 Å². The third-order valence-electron chi connectivity index (χ3n) is 3.02. The first-order valence-corrected chi connectivity index (χ1v) is 6.23. The minimum Gasteiger partial charge on any atom is -0.307 e. The number of hydrogen-bond acceptors (Lipinski definition) is 4. The van der Waals surface area contributed by atoms with Crippen LogP contribution in [0.3, 0.4) is 0 Å². The van der Waals surface area contributed by atoms with E-state index in [4.69, 9.17) is 0 Å². The van der Waals surface area contributed by atoms with Crippen LogP contribution < -0.4 is 5.32 Å². The molecule has 0 radical (unpaired) electrons. The zero-order valence-electron chi connectivity index (χ0n) is 10.7. The smallest absolute Gasteiger partial charge is 0.145 e. The second-order valence-corrected chi connectivity index (χ2v) is 4.21. The molecule has 0 fully saturated rings. The van der Waals surface area contributed by atoms with E-state index >= 15 is 0 Å². The molecule has 0 saturated heterocycles. The van der Waals surface area contributed by atoms with Crippen LogP contribution in [0.25, 0.3) is 0 Å². The number of nitrogens with zero attached hydrogens (tertiary/aromatic N) is 3. The molecular weight excluding hydrogens is 224 g/mol. The van der Waals surface area contributed by atoms with Gasteiger partial charge in [0.25, 0.3) is 0 Å². The van der Waals surface area contributed by atoms with E-state index in [0.717, 1.165) is 12.4 Å². The zero-order valence-corrected chi connectivity index (χ0v) is 10.7. The summed E-state index contributed by atoms with van der Waals surface area (Å²) in [6.45, 7) is 5.16. The van der Waals surface area contributed by atoms with E-state index in [2.05, 4.69) is 34.1 Å². The van der Waals surface area contributed by atoms with E-state index in [0.29, 0.717) is 5.92 Å². The summed E-state index contributed by atoms with van der Waals surface area (Å²) in [6, 6.07) is 6.04. The Kier molecular flexibility index (Phi) is 4.36. The summed E-state index contributed by atoms with van der Waals surface area (Å²) in [5.41, 5.74) is 1.24. The second-order valence-electron chi connectivity index (χ2n) is 4.21. The molecule has 2 aromatic heterocycles. The normalized spacial score (nSPS) is 14.1. The third kappa shape index (κ3) is 2.90. The number of hydrogen-bond donors (Lipinski definition) is 1. The van der Waals surface area contributed by atoms with Gasteiger partial charge in [-0.1, -0.05) is 13.8 Å². The van der Waals surface area contributed by atoms with E-state index in [1.807, 2.05) is 30.6 Å². The average Bonchev–Trinajstić information content (AvgIpc) is 2.46. The summed E-state index contributed by atoms with van der Waals surface area (Å²) in [6.07, 6.45) is 7.21. The Morgan fingerprint density at radius 3 is 2.39 bits per heavy atom. The van der Waals surface area contributed by atoms with Crippen molar-refractivity contribution in [3.63, 3.8) is 0 Å². The summed E-state index contributed by atoms with van der Waals surface area (Å²) >= 11 is 0. The van der Waals surface area contributed by atoms with Crippen LogP contribution in [0, 0.1) is 0 Å². The third-order valence-corrected chi connectivity index (χ3v) is 3.02. The fraction of sp³-hybridized carbons (Fsp3) is 0.357. The van der Waals surface area contributed by atoms with E-state index in [9.17, 15) is 0 Å². The molecule has 0 spiro atoms. The van der Waals surface area contributed by atoms with Crippen molar-refractivity contribution < 1.29 is 0 Å². The van der Waals surface area contributed by atoms with Gasteiger partial charge in [0.05, 0.1) is 6.04 Å². The molecule has 4 heteroatoms. The quantitative estimate of drug-likeness (QED) is 0.874. The van der Waals surface area contributed by atoms with Crippen LogP contribution in [0.1, 0.15) is 37.2 Å². The highest BCUT2D eigenvalue weighted by molar-refractivity contribution is 5.19. The fourth-order valence-electron chi connectivity index (χ4n) is 2.04. The first-order valence-electron chi connectivity index (χ1n) is 6.23. The Hall–Kier alpha value is -1.81. The Bertz CT molecular complexity index is 458. The molecule has 1 N–H and O–H groups in total. The van der Waals surface area contributed by atoms with Crippen molar-refractivity contribution in [3.8, 4) is 0 Å². The summed E-state index contributed by atoms with van der Waals surface area (Å²) in [5.74, 6) is 1.14. The zero-order chi connectivity index (χ0) is 12.8. The molecular formula is C14H18N4. The van der Waals surface area contributed by atoms with Gasteiger partial charge in [-0.05, 0) is 30.3 Å². The van der Waals surface area contributed by atoms with E-state index < -0.39 is 0 Å². The van der Waals surface area contributed by atoms with Crippen molar-refractivity contribution in [3.05, 3.63) is 54.4 Å². The van der Waals surface area contributed by atoms with Gasteiger partial charge in [0.15, 0.2) is 0 Å². The molecule has 0 aromatic carbocycles. The van der Waals surface area contributed by atoms with Crippen LogP contribution >= 0.6 is 0 Å². The number of nitrogens with one attached hydrogen (secondary N) is 1. The van der Waals surface area contributed by atoms with Crippen molar-refractivity contribution >= 4 is 0 Å². The Labute approximate surface area is 108 Å². The molecule has 2 aromatic rings. The van der Waals surface area contributed by atoms with Gasteiger partial charge in [0, 0.05) is 30.7 Å². The van der Waals surface area contributed by atoms with Crippen molar-refractivity contribution in [2.24, 2.45) is 0 Å². The number of likely N-dealkylation sites (N-methyl/N-ethyl adjacent to an activating group) is 1. The average molecular weight is 242 g/mol. The maximum Gasteiger partial charge on any atom is 0.145 e. The maximum absolute atomic E-state index is 4.36. The van der Waals surface area contributed by atoms with Crippen LogP contribution in [-0.2, 0) is 0 Å². The maximum atomic E-state index is 4.36. The number of aromatic nitrogens is 3. The molecule has 0 amide bonds. The molecule has 2 unspecified atom stereocenters. The van der Waals surface area contributed by atoms with Gasteiger partial charge in [0.1, 0.15) is 5.82 Å². The van der Waals surface area contributed by atoms with E-state index in [-0.39, 0.29) is 6.04 Å². The Balaban J connectivity index is 2.26. The Morgan fingerprint density at radius 1 is 1.11 bits per heavy atom. The van der Waals surface area contributed by atoms with Crippen LogP contribution in [0.5, 0.6) is 0 Å². The highest BCUT2D eigenvalue weighted by atomic mass is 15.0. The molecule has 18 heavy (non-hydrogen) atoms. The molecule has 2 rings (SSSR count). The first kappa shape index (κ1) is 12.6. The monoisotopic (exact) mass is 242 g/mol.